The molecule has 0 unspecified atom stereocenters. The lowest BCUT2D eigenvalue weighted by atomic mass is 10.00. The minimum absolute atomic E-state index is 0.207. The van der Waals surface area contributed by atoms with E-state index in [9.17, 15) is 0 Å². The van der Waals surface area contributed by atoms with Crippen LogP contribution in [0.1, 0.15) is 31.1 Å². The number of benzene rings is 2. The summed E-state index contributed by atoms with van der Waals surface area (Å²) in [6.07, 6.45) is 0. The van der Waals surface area contributed by atoms with Crippen LogP contribution in [0.4, 0.5) is 5.88 Å². The van der Waals surface area contributed by atoms with E-state index in [1.807, 2.05) is 30.3 Å². The van der Waals surface area contributed by atoms with Gasteiger partial charge in [0, 0.05) is 65.7 Å². The van der Waals surface area contributed by atoms with Gasteiger partial charge in [0.1, 0.15) is 17.0 Å². The second-order valence-electron chi connectivity index (χ2n) is 8.66. The lowest BCUT2D eigenvalue weighted by molar-refractivity contribution is 0.244. The van der Waals surface area contributed by atoms with Crippen molar-refractivity contribution in [2.45, 2.75) is 26.3 Å². The number of aromatic nitrogens is 1. The van der Waals surface area contributed by atoms with E-state index in [1.54, 1.807) is 0 Å². The van der Waals surface area contributed by atoms with Crippen LogP contribution in [0, 0.1) is 0 Å². The Kier molecular flexibility index (Phi) is 6.45. The van der Waals surface area contributed by atoms with Crippen molar-refractivity contribution in [3.05, 3.63) is 68.3 Å². The number of nitrogens with zero attached hydrogens (tertiary/aromatic N) is 3. The van der Waals surface area contributed by atoms with Gasteiger partial charge in [0.2, 0.25) is 0 Å². The van der Waals surface area contributed by atoms with Gasteiger partial charge in [-0.2, -0.15) is 0 Å². The number of rotatable bonds is 5. The molecule has 0 saturated carbocycles. The van der Waals surface area contributed by atoms with Crippen molar-refractivity contribution in [2.24, 2.45) is 0 Å². The second kappa shape index (κ2) is 9.34. The summed E-state index contributed by atoms with van der Waals surface area (Å²) in [6, 6.07) is 13.7. The van der Waals surface area contributed by atoms with Crippen molar-refractivity contribution < 1.29 is 8.94 Å². The number of halogens is 3. The van der Waals surface area contributed by atoms with Crippen LogP contribution in [-0.2, 0) is 6.54 Å². The van der Waals surface area contributed by atoms with E-state index >= 15 is 0 Å². The Bertz CT molecular complexity index is 1270. The van der Waals surface area contributed by atoms with Gasteiger partial charge in [0.15, 0.2) is 5.88 Å². The first-order valence-corrected chi connectivity index (χ1v) is 12.5. The van der Waals surface area contributed by atoms with Crippen LogP contribution >= 0.6 is 39.1 Å². The van der Waals surface area contributed by atoms with Crippen LogP contribution in [0.5, 0.6) is 0 Å². The minimum Gasteiger partial charge on any atom is -0.441 e. The van der Waals surface area contributed by atoms with E-state index in [2.05, 4.69) is 56.9 Å². The Balaban J connectivity index is 1.35. The summed E-state index contributed by atoms with van der Waals surface area (Å²) in [5.41, 5.74) is 3.43. The topological polar surface area (TPSA) is 45.7 Å². The van der Waals surface area contributed by atoms with Gasteiger partial charge < -0.3 is 13.8 Å². The highest BCUT2D eigenvalue weighted by Gasteiger charge is 2.27. The van der Waals surface area contributed by atoms with Crippen LogP contribution in [-0.4, -0.2) is 36.2 Å². The van der Waals surface area contributed by atoms with Gasteiger partial charge in [-0.05, 0) is 30.3 Å². The summed E-state index contributed by atoms with van der Waals surface area (Å²) in [4.78, 5) is 4.72. The van der Waals surface area contributed by atoms with Gasteiger partial charge in [-0.3, -0.25) is 4.90 Å². The average molecular weight is 549 g/mol. The lowest BCUT2D eigenvalue weighted by Gasteiger charge is -2.34. The lowest BCUT2D eigenvalue weighted by Crippen LogP contribution is -2.46. The molecule has 1 aliphatic rings. The highest BCUT2D eigenvalue weighted by molar-refractivity contribution is 9.10. The minimum atomic E-state index is 0.207. The molecule has 1 aliphatic heterocycles. The number of piperazine rings is 1. The fourth-order valence-corrected chi connectivity index (χ4v) is 5.31. The average Bonchev–Trinajstić information content (AvgIpc) is 3.38. The first-order chi connectivity index (χ1) is 15.9. The molecule has 0 atom stereocenters. The van der Waals surface area contributed by atoms with Crippen LogP contribution < -0.4 is 4.90 Å². The standard InChI is InChI=1S/C25H24BrCl2N3O2/c1-15(2)25-18(24(29-33-25)23-19(27)4-3-5-20(23)28)14-30-8-10-31(11-9-30)22-13-16-12-17(26)6-7-21(16)32-22/h3-7,12-13,15H,8-11,14H2,1-2H3. The summed E-state index contributed by atoms with van der Waals surface area (Å²) in [6.45, 7) is 8.52. The van der Waals surface area contributed by atoms with Gasteiger partial charge in [-0.15, -0.1) is 0 Å². The predicted molar refractivity (Wildman–Crippen MR) is 137 cm³/mol. The molecule has 0 bridgehead atoms. The third-order valence-electron chi connectivity index (χ3n) is 6.07. The molecular weight excluding hydrogens is 525 g/mol. The molecule has 1 fully saturated rings. The summed E-state index contributed by atoms with van der Waals surface area (Å²) >= 11 is 16.5. The monoisotopic (exact) mass is 547 g/mol. The maximum atomic E-state index is 6.50. The highest BCUT2D eigenvalue weighted by atomic mass is 79.9. The highest BCUT2D eigenvalue weighted by Crippen LogP contribution is 2.39. The fraction of sp³-hybridized carbons (Fsp3) is 0.320. The SMILES string of the molecule is CC(C)c1onc(-c2c(Cl)cccc2Cl)c1CN1CCN(c2cc3cc(Br)ccc3o2)CC1. The summed E-state index contributed by atoms with van der Waals surface area (Å²) < 4.78 is 12.9. The first-order valence-electron chi connectivity index (χ1n) is 11.0. The zero-order valence-electron chi connectivity index (χ0n) is 18.4. The molecular formula is C25H24BrCl2N3O2. The fourth-order valence-electron chi connectivity index (χ4n) is 4.35. The van der Waals surface area contributed by atoms with Gasteiger partial charge in [0.05, 0.1) is 10.0 Å². The summed E-state index contributed by atoms with van der Waals surface area (Å²) in [5, 5.41) is 6.65. The number of fused-ring (bicyclic) bond motifs is 1. The third-order valence-corrected chi connectivity index (χ3v) is 7.20. The van der Waals surface area contributed by atoms with Gasteiger partial charge in [0.25, 0.3) is 0 Å². The molecule has 4 aromatic rings. The van der Waals surface area contributed by atoms with Crippen molar-refractivity contribution >= 4 is 56.0 Å². The van der Waals surface area contributed by atoms with Crippen molar-refractivity contribution in [3.63, 3.8) is 0 Å². The van der Waals surface area contributed by atoms with E-state index in [0.717, 1.165) is 76.6 Å². The van der Waals surface area contributed by atoms with E-state index in [1.165, 1.54) is 0 Å². The third kappa shape index (κ3) is 4.54. The molecule has 0 aliphatic carbocycles. The maximum Gasteiger partial charge on any atom is 0.196 e. The number of furan rings is 1. The zero-order valence-corrected chi connectivity index (χ0v) is 21.5. The molecule has 2 aromatic heterocycles. The molecule has 5 nitrogen and oxygen atoms in total. The zero-order chi connectivity index (χ0) is 23.1. The molecule has 172 valence electrons. The molecule has 5 rings (SSSR count). The molecule has 0 spiro atoms. The van der Waals surface area contributed by atoms with Crippen LogP contribution in [0.2, 0.25) is 10.0 Å². The molecule has 0 N–H and O–H groups in total. The van der Waals surface area contributed by atoms with Gasteiger partial charge in [-0.1, -0.05) is 64.2 Å². The Hall–Kier alpha value is -1.99. The number of hydrogen-bond donors (Lipinski definition) is 0. The number of hydrogen-bond acceptors (Lipinski definition) is 5. The van der Waals surface area contributed by atoms with Crippen LogP contribution in [0.3, 0.4) is 0 Å². The smallest absolute Gasteiger partial charge is 0.196 e. The molecule has 1 saturated heterocycles. The molecule has 8 heteroatoms. The molecule has 3 heterocycles. The van der Waals surface area contributed by atoms with E-state index in [4.69, 9.17) is 32.1 Å². The van der Waals surface area contributed by atoms with Crippen LogP contribution in [0.25, 0.3) is 22.2 Å². The molecule has 33 heavy (non-hydrogen) atoms. The van der Waals surface area contributed by atoms with Gasteiger partial charge in [-0.25, -0.2) is 0 Å². The Morgan fingerprint density at radius 1 is 1.03 bits per heavy atom. The summed E-state index contributed by atoms with van der Waals surface area (Å²) in [7, 11) is 0. The summed E-state index contributed by atoms with van der Waals surface area (Å²) in [5.74, 6) is 2.00. The Labute approximate surface area is 211 Å². The van der Waals surface area contributed by atoms with Crippen molar-refractivity contribution in [3.8, 4) is 11.3 Å². The van der Waals surface area contributed by atoms with Crippen molar-refractivity contribution in [1.82, 2.24) is 10.1 Å². The molecule has 2 aromatic carbocycles. The molecule has 0 radical (unpaired) electrons. The van der Waals surface area contributed by atoms with E-state index < -0.39 is 0 Å². The Morgan fingerprint density at radius 2 is 1.76 bits per heavy atom. The quantitative estimate of drug-likeness (QED) is 0.257. The van der Waals surface area contributed by atoms with Crippen molar-refractivity contribution in [2.75, 3.05) is 31.1 Å². The number of anilines is 1. The largest absolute Gasteiger partial charge is 0.441 e. The molecule has 0 amide bonds. The van der Waals surface area contributed by atoms with Crippen molar-refractivity contribution in [1.29, 1.82) is 0 Å². The Morgan fingerprint density at radius 3 is 2.45 bits per heavy atom. The second-order valence-corrected chi connectivity index (χ2v) is 10.4. The van der Waals surface area contributed by atoms with Crippen LogP contribution in [0.15, 0.2) is 55.9 Å². The normalized spacial score (nSPS) is 15.2. The maximum absolute atomic E-state index is 6.50. The van der Waals surface area contributed by atoms with E-state index in [-0.39, 0.29) is 5.92 Å². The first kappa shape index (κ1) is 22.8. The van der Waals surface area contributed by atoms with E-state index in [0.29, 0.717) is 10.0 Å². The predicted octanol–water partition coefficient (Wildman–Crippen LogP) is 7.60. The van der Waals surface area contributed by atoms with Gasteiger partial charge >= 0.3 is 0 Å².